The molecule has 1 saturated heterocycles. The third-order valence-corrected chi connectivity index (χ3v) is 5.76. The summed E-state index contributed by atoms with van der Waals surface area (Å²) in [4.78, 5) is 19.5. The molecule has 0 spiro atoms. The minimum Gasteiger partial charge on any atom is -0.376 e. The number of aryl methyl sites for hydroxylation is 3. The number of hydrogen-bond donors (Lipinski definition) is 0. The van der Waals surface area contributed by atoms with Crippen LogP contribution in [0.4, 0.5) is 5.13 Å². The van der Waals surface area contributed by atoms with E-state index in [9.17, 15) is 4.79 Å². The van der Waals surface area contributed by atoms with Crippen LogP contribution in [0.3, 0.4) is 0 Å². The second-order valence-electron chi connectivity index (χ2n) is 6.81. The average molecular weight is 371 g/mol. The number of benzene rings is 1. The van der Waals surface area contributed by atoms with E-state index in [1.807, 2.05) is 0 Å². The standard InChI is InChI=1S/C19H21N3O3S/c1-11-7-12(2)17-15(8-11)20-19(26-17)22(10-14-5-4-6-24-14)18(23)16-9-13(3)21-25-16/h7-9,14H,4-6,10H2,1-3H3/t14-/m0/s1. The molecule has 0 radical (unpaired) electrons. The molecule has 3 heterocycles. The van der Waals surface area contributed by atoms with E-state index in [0.29, 0.717) is 17.4 Å². The summed E-state index contributed by atoms with van der Waals surface area (Å²) in [7, 11) is 0. The van der Waals surface area contributed by atoms with Crippen LogP contribution in [-0.4, -0.2) is 35.3 Å². The fourth-order valence-corrected chi connectivity index (χ4v) is 4.34. The third kappa shape index (κ3) is 3.24. The quantitative estimate of drug-likeness (QED) is 0.692. The molecule has 2 aromatic heterocycles. The van der Waals surface area contributed by atoms with Crippen LogP contribution in [0.5, 0.6) is 0 Å². The molecular weight excluding hydrogens is 350 g/mol. The Morgan fingerprint density at radius 3 is 2.85 bits per heavy atom. The largest absolute Gasteiger partial charge is 0.376 e. The van der Waals surface area contributed by atoms with Gasteiger partial charge in [0.2, 0.25) is 5.76 Å². The highest BCUT2D eigenvalue weighted by Crippen LogP contribution is 2.33. The first kappa shape index (κ1) is 17.2. The van der Waals surface area contributed by atoms with Crippen LogP contribution < -0.4 is 4.90 Å². The van der Waals surface area contributed by atoms with Crippen molar-refractivity contribution < 1.29 is 14.1 Å². The van der Waals surface area contributed by atoms with Crippen LogP contribution >= 0.6 is 11.3 Å². The van der Waals surface area contributed by atoms with Crippen molar-refractivity contribution in [2.24, 2.45) is 0 Å². The van der Waals surface area contributed by atoms with Gasteiger partial charge in [-0.1, -0.05) is 22.6 Å². The number of nitrogens with zero attached hydrogens (tertiary/aromatic N) is 3. The van der Waals surface area contributed by atoms with Gasteiger partial charge >= 0.3 is 0 Å². The molecule has 26 heavy (non-hydrogen) atoms. The van der Waals surface area contributed by atoms with Gasteiger partial charge in [-0.05, 0) is 50.8 Å². The van der Waals surface area contributed by atoms with Gasteiger partial charge in [0.1, 0.15) is 0 Å². The molecule has 0 saturated carbocycles. The lowest BCUT2D eigenvalue weighted by molar-refractivity contribution is 0.0887. The summed E-state index contributed by atoms with van der Waals surface area (Å²) in [6, 6.07) is 5.85. The van der Waals surface area contributed by atoms with E-state index in [-0.39, 0.29) is 17.8 Å². The Kier molecular flexibility index (Phi) is 4.50. The number of ether oxygens (including phenoxy) is 1. The molecule has 0 unspecified atom stereocenters. The first-order valence-electron chi connectivity index (χ1n) is 8.76. The molecule has 3 aromatic rings. The van der Waals surface area contributed by atoms with Crippen molar-refractivity contribution in [2.75, 3.05) is 18.1 Å². The second kappa shape index (κ2) is 6.81. The number of carbonyl (C=O) groups is 1. The Bertz CT molecular complexity index is 956. The van der Waals surface area contributed by atoms with Crippen LogP contribution in [0.25, 0.3) is 10.2 Å². The summed E-state index contributed by atoms with van der Waals surface area (Å²) in [5.74, 6) is 0.00202. The Hall–Kier alpha value is -2.25. The molecule has 0 bridgehead atoms. The zero-order valence-electron chi connectivity index (χ0n) is 15.1. The van der Waals surface area contributed by atoms with Gasteiger partial charge in [0.15, 0.2) is 5.13 Å². The van der Waals surface area contributed by atoms with E-state index < -0.39 is 0 Å². The van der Waals surface area contributed by atoms with Crippen molar-refractivity contribution in [3.8, 4) is 0 Å². The minimum atomic E-state index is -0.227. The van der Waals surface area contributed by atoms with Crippen LogP contribution in [0.15, 0.2) is 22.7 Å². The number of aromatic nitrogens is 2. The third-order valence-electron chi connectivity index (χ3n) is 4.53. The van der Waals surface area contributed by atoms with E-state index in [1.165, 1.54) is 16.9 Å². The van der Waals surface area contributed by atoms with Crippen LogP contribution in [0.2, 0.25) is 0 Å². The molecule has 7 heteroatoms. The second-order valence-corrected chi connectivity index (χ2v) is 7.79. The van der Waals surface area contributed by atoms with Crippen LogP contribution in [0, 0.1) is 20.8 Å². The monoisotopic (exact) mass is 371 g/mol. The Morgan fingerprint density at radius 1 is 1.31 bits per heavy atom. The van der Waals surface area contributed by atoms with Crippen LogP contribution in [0.1, 0.15) is 40.2 Å². The predicted molar refractivity (Wildman–Crippen MR) is 101 cm³/mol. The van der Waals surface area contributed by atoms with Gasteiger partial charge < -0.3 is 9.26 Å². The number of amides is 1. The molecule has 0 N–H and O–H groups in total. The Morgan fingerprint density at radius 2 is 2.15 bits per heavy atom. The van der Waals surface area contributed by atoms with Gasteiger partial charge in [-0.2, -0.15) is 0 Å². The van der Waals surface area contributed by atoms with Crippen LogP contribution in [-0.2, 0) is 4.74 Å². The van der Waals surface area contributed by atoms with Crippen molar-refractivity contribution >= 4 is 32.6 Å². The molecule has 1 atom stereocenters. The molecule has 0 aliphatic carbocycles. The van der Waals surface area contributed by atoms with Gasteiger partial charge in [0, 0.05) is 12.7 Å². The average Bonchev–Trinajstić information content (AvgIpc) is 3.32. The van der Waals surface area contributed by atoms with E-state index >= 15 is 0 Å². The highest BCUT2D eigenvalue weighted by atomic mass is 32.1. The zero-order valence-corrected chi connectivity index (χ0v) is 15.9. The smallest absolute Gasteiger partial charge is 0.298 e. The maximum absolute atomic E-state index is 13.1. The number of hydrogen-bond acceptors (Lipinski definition) is 6. The molecule has 1 aliphatic heterocycles. The lowest BCUT2D eigenvalue weighted by atomic mass is 10.1. The summed E-state index contributed by atoms with van der Waals surface area (Å²) in [6.45, 7) is 7.14. The predicted octanol–water partition coefficient (Wildman–Crippen LogP) is 4.04. The van der Waals surface area contributed by atoms with Crippen molar-refractivity contribution in [1.82, 2.24) is 10.1 Å². The number of anilines is 1. The van der Waals surface area contributed by atoms with Crippen molar-refractivity contribution in [3.63, 3.8) is 0 Å². The maximum atomic E-state index is 13.1. The summed E-state index contributed by atoms with van der Waals surface area (Å²) in [6.07, 6.45) is 1.99. The maximum Gasteiger partial charge on any atom is 0.298 e. The number of carbonyl (C=O) groups excluding carboxylic acids is 1. The molecule has 136 valence electrons. The van der Waals surface area contributed by atoms with E-state index in [2.05, 4.69) is 31.1 Å². The summed E-state index contributed by atoms with van der Waals surface area (Å²) in [5.41, 5.74) is 3.93. The zero-order chi connectivity index (χ0) is 18.3. The molecule has 6 nitrogen and oxygen atoms in total. The topological polar surface area (TPSA) is 68.5 Å². The minimum absolute atomic E-state index is 0.0258. The Balaban J connectivity index is 1.74. The normalized spacial score (nSPS) is 17.1. The Labute approximate surface area is 155 Å². The van der Waals surface area contributed by atoms with Gasteiger partial charge in [0.25, 0.3) is 5.91 Å². The number of thiazole rings is 1. The summed E-state index contributed by atoms with van der Waals surface area (Å²) in [5, 5.41) is 4.51. The van der Waals surface area contributed by atoms with E-state index in [0.717, 1.165) is 35.2 Å². The number of rotatable bonds is 4. The summed E-state index contributed by atoms with van der Waals surface area (Å²) < 4.78 is 12.1. The first-order chi connectivity index (χ1) is 12.5. The molecular formula is C19H21N3O3S. The van der Waals surface area contributed by atoms with Gasteiger partial charge in [0.05, 0.1) is 28.6 Å². The van der Waals surface area contributed by atoms with Gasteiger partial charge in [-0.15, -0.1) is 0 Å². The highest BCUT2D eigenvalue weighted by Gasteiger charge is 2.29. The molecule has 4 rings (SSSR count). The van der Waals surface area contributed by atoms with Crippen molar-refractivity contribution in [2.45, 2.75) is 39.7 Å². The number of fused-ring (bicyclic) bond motifs is 1. The van der Waals surface area contributed by atoms with Crippen molar-refractivity contribution in [3.05, 3.63) is 40.8 Å². The fourth-order valence-electron chi connectivity index (χ4n) is 3.32. The fraction of sp³-hybridized carbons (Fsp3) is 0.421. The molecule has 1 aromatic carbocycles. The first-order valence-corrected chi connectivity index (χ1v) is 9.57. The summed E-state index contributed by atoms with van der Waals surface area (Å²) >= 11 is 1.53. The van der Waals surface area contributed by atoms with Crippen molar-refractivity contribution in [1.29, 1.82) is 0 Å². The molecule has 1 fully saturated rings. The van der Waals surface area contributed by atoms with Gasteiger partial charge in [-0.3, -0.25) is 9.69 Å². The van der Waals surface area contributed by atoms with E-state index in [4.69, 9.17) is 14.2 Å². The highest BCUT2D eigenvalue weighted by molar-refractivity contribution is 7.22. The SMILES string of the molecule is Cc1cc(C)c2sc(N(C[C@@H]3CCCO3)C(=O)c3cc(C)no3)nc2c1. The lowest BCUT2D eigenvalue weighted by Gasteiger charge is -2.21. The van der Waals surface area contributed by atoms with E-state index in [1.54, 1.807) is 17.9 Å². The molecule has 1 aliphatic rings. The lowest BCUT2D eigenvalue weighted by Crippen LogP contribution is -2.37. The molecule has 1 amide bonds. The van der Waals surface area contributed by atoms with Gasteiger partial charge in [-0.25, -0.2) is 4.98 Å².